The number of nitrogens with one attached hydrogen (secondary N) is 1. The van der Waals surface area contributed by atoms with E-state index >= 15 is 0 Å². The zero-order valence-corrected chi connectivity index (χ0v) is 13.9. The van der Waals surface area contributed by atoms with Crippen LogP contribution in [0.2, 0.25) is 0 Å². The van der Waals surface area contributed by atoms with Crippen molar-refractivity contribution >= 4 is 23.4 Å². The van der Waals surface area contributed by atoms with E-state index in [1.807, 2.05) is 30.5 Å². The molecule has 0 unspecified atom stereocenters. The van der Waals surface area contributed by atoms with E-state index in [2.05, 4.69) is 10.3 Å². The number of rotatable bonds is 5. The second-order valence-electron chi connectivity index (χ2n) is 5.25. The molecule has 0 saturated carbocycles. The predicted molar refractivity (Wildman–Crippen MR) is 94.6 cm³/mol. The molecule has 0 aliphatic heterocycles. The fourth-order valence-electron chi connectivity index (χ4n) is 2.16. The van der Waals surface area contributed by atoms with Gasteiger partial charge in [-0.15, -0.1) is 11.8 Å². The van der Waals surface area contributed by atoms with Gasteiger partial charge in [-0.25, -0.2) is 8.78 Å². The van der Waals surface area contributed by atoms with Crippen molar-refractivity contribution in [3.05, 3.63) is 89.8 Å². The number of carbonyl (C=O) groups is 1. The maximum absolute atomic E-state index is 13.6. The molecule has 6 heteroatoms. The molecule has 0 saturated heterocycles. The number of halogens is 2. The standard InChI is InChI=1S/C19H14F2N2OS/c20-14-3-8-17(18(21)10-14)19(24)23-15-4-6-16(7-5-15)25-12-13-2-1-9-22-11-13/h1-11H,12H2,(H,23,24). The third-order valence-corrected chi connectivity index (χ3v) is 4.50. The molecule has 0 aliphatic carbocycles. The summed E-state index contributed by atoms with van der Waals surface area (Å²) in [7, 11) is 0. The van der Waals surface area contributed by atoms with Gasteiger partial charge >= 0.3 is 0 Å². The van der Waals surface area contributed by atoms with Gasteiger partial charge < -0.3 is 5.32 Å². The van der Waals surface area contributed by atoms with E-state index < -0.39 is 17.5 Å². The van der Waals surface area contributed by atoms with Crippen LogP contribution in [0.4, 0.5) is 14.5 Å². The topological polar surface area (TPSA) is 42.0 Å². The van der Waals surface area contributed by atoms with Crippen LogP contribution in [0.5, 0.6) is 0 Å². The molecule has 126 valence electrons. The highest BCUT2D eigenvalue weighted by Crippen LogP contribution is 2.24. The predicted octanol–water partition coefficient (Wildman–Crippen LogP) is 4.90. The molecular weight excluding hydrogens is 342 g/mol. The first-order valence-electron chi connectivity index (χ1n) is 7.50. The van der Waals surface area contributed by atoms with E-state index in [1.165, 1.54) is 0 Å². The molecule has 0 atom stereocenters. The summed E-state index contributed by atoms with van der Waals surface area (Å²) in [5, 5.41) is 2.60. The second-order valence-corrected chi connectivity index (χ2v) is 6.30. The third-order valence-electron chi connectivity index (χ3n) is 3.42. The first-order valence-corrected chi connectivity index (χ1v) is 8.48. The Morgan fingerprint density at radius 2 is 1.88 bits per heavy atom. The lowest BCUT2D eigenvalue weighted by atomic mass is 10.2. The van der Waals surface area contributed by atoms with Crippen molar-refractivity contribution in [3.8, 4) is 0 Å². The Balaban J connectivity index is 1.61. The number of thioether (sulfide) groups is 1. The van der Waals surface area contributed by atoms with E-state index in [0.717, 1.165) is 28.3 Å². The van der Waals surface area contributed by atoms with Crippen LogP contribution < -0.4 is 5.32 Å². The van der Waals surface area contributed by atoms with Crippen molar-refractivity contribution in [2.75, 3.05) is 5.32 Å². The maximum atomic E-state index is 13.6. The highest BCUT2D eigenvalue weighted by Gasteiger charge is 2.12. The van der Waals surface area contributed by atoms with Crippen molar-refractivity contribution in [1.29, 1.82) is 0 Å². The van der Waals surface area contributed by atoms with Gasteiger partial charge in [0.15, 0.2) is 0 Å². The van der Waals surface area contributed by atoms with Gasteiger partial charge in [-0.3, -0.25) is 9.78 Å². The Hall–Kier alpha value is -2.73. The highest BCUT2D eigenvalue weighted by molar-refractivity contribution is 7.98. The van der Waals surface area contributed by atoms with Gasteiger partial charge in [0, 0.05) is 34.8 Å². The molecule has 3 rings (SSSR count). The van der Waals surface area contributed by atoms with Crippen molar-refractivity contribution in [2.24, 2.45) is 0 Å². The molecule has 1 N–H and O–H groups in total. The molecule has 0 radical (unpaired) electrons. The number of hydrogen-bond donors (Lipinski definition) is 1. The Bertz CT molecular complexity index is 870. The van der Waals surface area contributed by atoms with Gasteiger partial charge in [-0.2, -0.15) is 0 Å². The van der Waals surface area contributed by atoms with E-state index in [9.17, 15) is 13.6 Å². The fraction of sp³-hybridized carbons (Fsp3) is 0.0526. The molecule has 2 aromatic carbocycles. The van der Waals surface area contributed by atoms with E-state index in [4.69, 9.17) is 0 Å². The molecule has 0 spiro atoms. The number of carbonyl (C=O) groups excluding carboxylic acids is 1. The molecular formula is C19H14F2N2OS. The second kappa shape index (κ2) is 7.90. The molecule has 1 heterocycles. The van der Waals surface area contributed by atoms with E-state index in [0.29, 0.717) is 11.8 Å². The third kappa shape index (κ3) is 4.64. The normalized spacial score (nSPS) is 10.5. The lowest BCUT2D eigenvalue weighted by Gasteiger charge is -2.07. The van der Waals surface area contributed by atoms with Gasteiger partial charge in [0.1, 0.15) is 11.6 Å². The van der Waals surface area contributed by atoms with Crippen LogP contribution in [-0.2, 0) is 5.75 Å². The number of hydrogen-bond acceptors (Lipinski definition) is 3. The van der Waals surface area contributed by atoms with Crippen molar-refractivity contribution in [2.45, 2.75) is 10.6 Å². The Morgan fingerprint density at radius 3 is 2.56 bits per heavy atom. The quantitative estimate of drug-likeness (QED) is 0.661. The van der Waals surface area contributed by atoms with Crippen LogP contribution >= 0.6 is 11.8 Å². The summed E-state index contributed by atoms with van der Waals surface area (Å²) in [5.74, 6) is -1.43. The number of benzene rings is 2. The van der Waals surface area contributed by atoms with Crippen LogP contribution in [-0.4, -0.2) is 10.9 Å². The van der Waals surface area contributed by atoms with Gasteiger partial charge in [0.2, 0.25) is 0 Å². The van der Waals surface area contributed by atoms with Gasteiger partial charge in [-0.05, 0) is 48.0 Å². The Labute approximate surface area is 148 Å². The molecule has 1 aromatic heterocycles. The number of nitrogens with zero attached hydrogens (tertiary/aromatic N) is 1. The van der Waals surface area contributed by atoms with Crippen LogP contribution in [0.25, 0.3) is 0 Å². The lowest BCUT2D eigenvalue weighted by molar-refractivity contribution is 0.102. The lowest BCUT2D eigenvalue weighted by Crippen LogP contribution is -2.13. The SMILES string of the molecule is O=C(Nc1ccc(SCc2cccnc2)cc1)c1ccc(F)cc1F. The first-order chi connectivity index (χ1) is 12.1. The monoisotopic (exact) mass is 356 g/mol. The molecule has 3 nitrogen and oxygen atoms in total. The average Bonchev–Trinajstić information content (AvgIpc) is 2.62. The van der Waals surface area contributed by atoms with Crippen LogP contribution in [0.3, 0.4) is 0 Å². The van der Waals surface area contributed by atoms with Gasteiger partial charge in [0.25, 0.3) is 5.91 Å². The molecule has 0 aliphatic rings. The largest absolute Gasteiger partial charge is 0.322 e. The molecule has 0 bridgehead atoms. The number of anilines is 1. The summed E-state index contributed by atoms with van der Waals surface area (Å²) < 4.78 is 26.5. The van der Waals surface area contributed by atoms with Crippen molar-refractivity contribution < 1.29 is 13.6 Å². The van der Waals surface area contributed by atoms with Gasteiger partial charge in [-0.1, -0.05) is 6.07 Å². The molecule has 3 aromatic rings. The number of aromatic nitrogens is 1. The number of pyridine rings is 1. The Morgan fingerprint density at radius 1 is 1.08 bits per heavy atom. The zero-order chi connectivity index (χ0) is 17.6. The summed E-state index contributed by atoms with van der Waals surface area (Å²) in [6, 6.07) is 14.0. The molecule has 1 amide bonds. The van der Waals surface area contributed by atoms with Gasteiger partial charge in [0.05, 0.1) is 5.56 Å². The smallest absolute Gasteiger partial charge is 0.258 e. The summed E-state index contributed by atoms with van der Waals surface area (Å²) in [6.45, 7) is 0. The minimum Gasteiger partial charge on any atom is -0.322 e. The average molecular weight is 356 g/mol. The van der Waals surface area contributed by atoms with E-state index in [1.54, 1.807) is 30.1 Å². The summed E-state index contributed by atoms with van der Waals surface area (Å²) >= 11 is 1.65. The van der Waals surface area contributed by atoms with Crippen LogP contribution in [0.15, 0.2) is 71.9 Å². The minimum atomic E-state index is -0.888. The first kappa shape index (κ1) is 17.1. The maximum Gasteiger partial charge on any atom is 0.258 e. The fourth-order valence-corrected chi connectivity index (χ4v) is 2.99. The number of amides is 1. The summed E-state index contributed by atoms with van der Waals surface area (Å²) in [5.41, 5.74) is 1.47. The van der Waals surface area contributed by atoms with Crippen molar-refractivity contribution in [3.63, 3.8) is 0 Å². The van der Waals surface area contributed by atoms with E-state index in [-0.39, 0.29) is 5.56 Å². The van der Waals surface area contributed by atoms with Crippen LogP contribution in [0, 0.1) is 11.6 Å². The minimum absolute atomic E-state index is 0.198. The van der Waals surface area contributed by atoms with Crippen LogP contribution in [0.1, 0.15) is 15.9 Å². The molecule has 0 fully saturated rings. The molecule has 25 heavy (non-hydrogen) atoms. The Kier molecular flexibility index (Phi) is 5.40. The summed E-state index contributed by atoms with van der Waals surface area (Å²) in [4.78, 5) is 17.2. The van der Waals surface area contributed by atoms with Crippen molar-refractivity contribution in [1.82, 2.24) is 4.98 Å². The summed E-state index contributed by atoms with van der Waals surface area (Å²) in [6.07, 6.45) is 3.55. The highest BCUT2D eigenvalue weighted by atomic mass is 32.2. The zero-order valence-electron chi connectivity index (χ0n) is 13.1.